The van der Waals surface area contributed by atoms with Crippen molar-refractivity contribution in [3.05, 3.63) is 69.2 Å². The van der Waals surface area contributed by atoms with Gasteiger partial charge in [-0.15, -0.1) is 0 Å². The van der Waals surface area contributed by atoms with Crippen molar-refractivity contribution >= 4 is 11.6 Å². The van der Waals surface area contributed by atoms with Gasteiger partial charge in [-0.3, -0.25) is 11.3 Å². The van der Waals surface area contributed by atoms with Gasteiger partial charge in [0.05, 0.1) is 6.04 Å². The molecule has 0 aliphatic heterocycles. The van der Waals surface area contributed by atoms with E-state index in [9.17, 15) is 0 Å². The molecule has 2 nitrogen and oxygen atoms in total. The van der Waals surface area contributed by atoms with Crippen LogP contribution >= 0.6 is 11.6 Å². The molecule has 3 N–H and O–H groups in total. The molecule has 2 aromatic rings. The van der Waals surface area contributed by atoms with E-state index in [1.165, 1.54) is 16.7 Å². The Morgan fingerprint density at radius 2 is 1.75 bits per heavy atom. The van der Waals surface area contributed by atoms with E-state index in [4.69, 9.17) is 17.4 Å². The first-order valence-corrected chi connectivity index (χ1v) is 7.18. The molecule has 0 fully saturated rings. The van der Waals surface area contributed by atoms with Gasteiger partial charge in [0, 0.05) is 5.02 Å². The molecule has 0 amide bonds. The minimum absolute atomic E-state index is 0.0166. The van der Waals surface area contributed by atoms with E-state index in [-0.39, 0.29) is 6.04 Å². The van der Waals surface area contributed by atoms with E-state index in [1.54, 1.807) is 0 Å². The first-order chi connectivity index (χ1) is 9.52. The Bertz CT molecular complexity index is 588. The molecule has 20 heavy (non-hydrogen) atoms. The molecule has 0 aliphatic rings. The average molecular weight is 289 g/mol. The number of hydrazine groups is 1. The lowest BCUT2D eigenvalue weighted by atomic mass is 9.93. The number of benzene rings is 2. The summed E-state index contributed by atoms with van der Waals surface area (Å²) < 4.78 is 0. The molecule has 2 rings (SSSR count). The Labute approximate surface area is 125 Å². The second kappa shape index (κ2) is 6.40. The highest BCUT2D eigenvalue weighted by Crippen LogP contribution is 2.28. The standard InChI is InChI=1S/C17H21ClN2/c1-11-7-8-14(16(18)9-11)17(20-19)10-15-12(2)5-4-6-13(15)3/h4-9,17,20H,10,19H2,1-3H3. The summed E-state index contributed by atoms with van der Waals surface area (Å²) in [5, 5.41) is 0.763. The molecule has 106 valence electrons. The van der Waals surface area contributed by atoms with Gasteiger partial charge in [-0.2, -0.15) is 0 Å². The molecular formula is C17H21ClN2. The van der Waals surface area contributed by atoms with Crippen molar-refractivity contribution in [2.45, 2.75) is 33.2 Å². The third kappa shape index (κ3) is 3.21. The predicted octanol–water partition coefficient (Wildman–Crippen LogP) is 4.01. The molecule has 0 saturated heterocycles. The van der Waals surface area contributed by atoms with Crippen molar-refractivity contribution in [3.8, 4) is 0 Å². The molecule has 0 radical (unpaired) electrons. The number of aryl methyl sites for hydroxylation is 3. The quantitative estimate of drug-likeness (QED) is 0.659. The van der Waals surface area contributed by atoms with Gasteiger partial charge >= 0.3 is 0 Å². The molecule has 3 heteroatoms. The Morgan fingerprint density at radius 1 is 1.10 bits per heavy atom. The second-order valence-electron chi connectivity index (χ2n) is 5.32. The second-order valence-corrected chi connectivity index (χ2v) is 5.73. The number of nitrogens with two attached hydrogens (primary N) is 1. The highest BCUT2D eigenvalue weighted by atomic mass is 35.5. The molecule has 2 aromatic carbocycles. The highest BCUT2D eigenvalue weighted by Gasteiger charge is 2.16. The van der Waals surface area contributed by atoms with Gasteiger partial charge in [0.1, 0.15) is 0 Å². The molecule has 0 heterocycles. The fourth-order valence-corrected chi connectivity index (χ4v) is 2.92. The maximum absolute atomic E-state index is 6.35. The lowest BCUT2D eigenvalue weighted by Crippen LogP contribution is -2.30. The van der Waals surface area contributed by atoms with E-state index in [2.05, 4.69) is 49.6 Å². The summed E-state index contributed by atoms with van der Waals surface area (Å²) in [6, 6.07) is 12.5. The van der Waals surface area contributed by atoms with E-state index in [0.29, 0.717) is 0 Å². The van der Waals surface area contributed by atoms with Crippen LogP contribution < -0.4 is 11.3 Å². The number of nitrogens with one attached hydrogen (secondary N) is 1. The topological polar surface area (TPSA) is 38.0 Å². The zero-order valence-electron chi connectivity index (χ0n) is 12.2. The molecule has 1 unspecified atom stereocenters. The minimum Gasteiger partial charge on any atom is -0.271 e. The van der Waals surface area contributed by atoms with Crippen molar-refractivity contribution in [2.24, 2.45) is 5.84 Å². The van der Waals surface area contributed by atoms with Crippen LogP contribution in [0.5, 0.6) is 0 Å². The van der Waals surface area contributed by atoms with Crippen LogP contribution in [0.15, 0.2) is 36.4 Å². The van der Waals surface area contributed by atoms with Crippen molar-refractivity contribution in [1.82, 2.24) is 5.43 Å². The largest absolute Gasteiger partial charge is 0.271 e. The fraction of sp³-hybridized carbons (Fsp3) is 0.294. The smallest absolute Gasteiger partial charge is 0.0515 e. The summed E-state index contributed by atoms with van der Waals surface area (Å²) in [4.78, 5) is 0. The van der Waals surface area contributed by atoms with Crippen LogP contribution in [0.25, 0.3) is 0 Å². The third-order valence-corrected chi connectivity index (χ3v) is 4.11. The molecule has 0 saturated carbocycles. The highest BCUT2D eigenvalue weighted by molar-refractivity contribution is 6.31. The summed E-state index contributed by atoms with van der Waals surface area (Å²) >= 11 is 6.35. The zero-order chi connectivity index (χ0) is 14.7. The Balaban J connectivity index is 2.34. The monoisotopic (exact) mass is 288 g/mol. The van der Waals surface area contributed by atoms with Crippen molar-refractivity contribution in [2.75, 3.05) is 0 Å². The zero-order valence-corrected chi connectivity index (χ0v) is 13.0. The first kappa shape index (κ1) is 15.0. The molecule has 0 aromatic heterocycles. The van der Waals surface area contributed by atoms with Crippen LogP contribution in [0.2, 0.25) is 5.02 Å². The van der Waals surface area contributed by atoms with Crippen LogP contribution in [-0.2, 0) is 6.42 Å². The SMILES string of the molecule is Cc1ccc(C(Cc2c(C)cccc2C)NN)c(Cl)c1. The summed E-state index contributed by atoms with van der Waals surface area (Å²) in [5.41, 5.74) is 8.99. The van der Waals surface area contributed by atoms with Crippen molar-refractivity contribution in [3.63, 3.8) is 0 Å². The predicted molar refractivity (Wildman–Crippen MR) is 85.9 cm³/mol. The van der Waals surface area contributed by atoms with Crippen LogP contribution in [-0.4, -0.2) is 0 Å². The van der Waals surface area contributed by atoms with Gasteiger partial charge in [0.2, 0.25) is 0 Å². The van der Waals surface area contributed by atoms with E-state index in [1.807, 2.05) is 13.0 Å². The number of hydrogen-bond donors (Lipinski definition) is 2. The third-order valence-electron chi connectivity index (χ3n) is 3.79. The van der Waals surface area contributed by atoms with Crippen LogP contribution in [0, 0.1) is 20.8 Å². The average Bonchev–Trinajstić information content (AvgIpc) is 2.40. The van der Waals surface area contributed by atoms with Gasteiger partial charge in [0.25, 0.3) is 0 Å². The maximum Gasteiger partial charge on any atom is 0.0515 e. The lowest BCUT2D eigenvalue weighted by molar-refractivity contribution is 0.550. The molecule has 0 spiro atoms. The van der Waals surface area contributed by atoms with Gasteiger partial charge in [-0.25, -0.2) is 0 Å². The molecule has 1 atom stereocenters. The summed E-state index contributed by atoms with van der Waals surface area (Å²) in [6.45, 7) is 6.30. The normalized spacial score (nSPS) is 12.4. The summed E-state index contributed by atoms with van der Waals surface area (Å²) in [6.07, 6.45) is 0.831. The van der Waals surface area contributed by atoms with Gasteiger partial charge < -0.3 is 0 Å². The number of rotatable bonds is 4. The van der Waals surface area contributed by atoms with E-state index in [0.717, 1.165) is 22.6 Å². The number of halogens is 1. The van der Waals surface area contributed by atoms with Crippen LogP contribution in [0.4, 0.5) is 0 Å². The lowest BCUT2D eigenvalue weighted by Gasteiger charge is -2.20. The van der Waals surface area contributed by atoms with Crippen molar-refractivity contribution in [1.29, 1.82) is 0 Å². The Kier molecular flexibility index (Phi) is 4.81. The van der Waals surface area contributed by atoms with Crippen LogP contribution in [0.1, 0.15) is 33.9 Å². The van der Waals surface area contributed by atoms with Gasteiger partial charge in [0.15, 0.2) is 0 Å². The Morgan fingerprint density at radius 3 is 2.30 bits per heavy atom. The van der Waals surface area contributed by atoms with Gasteiger partial charge in [-0.05, 0) is 61.1 Å². The van der Waals surface area contributed by atoms with E-state index < -0.39 is 0 Å². The number of hydrogen-bond acceptors (Lipinski definition) is 2. The fourth-order valence-electron chi connectivity index (χ4n) is 2.55. The van der Waals surface area contributed by atoms with Gasteiger partial charge in [-0.1, -0.05) is 41.9 Å². The summed E-state index contributed by atoms with van der Waals surface area (Å²) in [5.74, 6) is 5.75. The molecular weight excluding hydrogens is 268 g/mol. The molecule has 0 aliphatic carbocycles. The summed E-state index contributed by atoms with van der Waals surface area (Å²) in [7, 11) is 0. The first-order valence-electron chi connectivity index (χ1n) is 6.80. The maximum atomic E-state index is 6.35. The minimum atomic E-state index is 0.0166. The van der Waals surface area contributed by atoms with Crippen LogP contribution in [0.3, 0.4) is 0 Å². The Hall–Kier alpha value is -1.35. The van der Waals surface area contributed by atoms with E-state index >= 15 is 0 Å². The molecule has 0 bridgehead atoms. The van der Waals surface area contributed by atoms with Crippen molar-refractivity contribution < 1.29 is 0 Å².